The van der Waals surface area contributed by atoms with E-state index in [4.69, 9.17) is 20.3 Å². The predicted octanol–water partition coefficient (Wildman–Crippen LogP) is 1.97. The molecule has 0 saturated heterocycles. The molecule has 0 saturated carbocycles. The second kappa shape index (κ2) is 41.8. The van der Waals surface area contributed by atoms with Crippen molar-refractivity contribution in [3.63, 3.8) is 0 Å². The first kappa shape index (κ1) is 72.7. The van der Waals surface area contributed by atoms with Gasteiger partial charge in [0.15, 0.2) is 13.2 Å². The van der Waals surface area contributed by atoms with Gasteiger partial charge in [0.05, 0.1) is 0 Å². The Labute approximate surface area is 461 Å². The number of nitrogens with one attached hydrogen (secondary N) is 4. The van der Waals surface area contributed by atoms with Gasteiger partial charge in [0, 0.05) is 75.7 Å². The van der Waals surface area contributed by atoms with Crippen LogP contribution >= 0.6 is 99.9 Å². The summed E-state index contributed by atoms with van der Waals surface area (Å²) in [6.07, 6.45) is 5.58. The number of rotatable bonds is 16. The average Bonchev–Trinajstić information content (AvgIpc) is 3.81. The Morgan fingerprint density at radius 2 is 0.912 bits per heavy atom. The number of nitrogens with zero attached hydrogens (tertiary/aromatic N) is 3. The second-order valence-corrected chi connectivity index (χ2v) is 60.9. The SMILES string of the molecule is C.CC(C)(C)OC(=O)NOCC(=O)NCCN1C(=O)C=CC1=O.CC(C)(C)OC(=O)NOCC(=O)O.NCCN1C(=O)C=CC1=O.NOCC(=O)NCCN1C(=O)C=CC1=O.[H+].[I][V]([I])[I].[I][V][I]. The molecule has 10 amide bonds. The van der Waals surface area contributed by atoms with Crippen molar-refractivity contribution in [2.75, 3.05) is 59.1 Å². The summed E-state index contributed by atoms with van der Waals surface area (Å²) in [4.78, 5) is 136. The molecule has 0 aromatic rings. The van der Waals surface area contributed by atoms with E-state index in [2.05, 4.69) is 131 Å². The molecule has 0 aliphatic carbocycles. The number of carbonyl (C=O) groups is 11. The molecular weight excluding hydrogens is 1550 g/mol. The summed E-state index contributed by atoms with van der Waals surface area (Å²) >= 11 is 12.1. The standard InChI is InChI=1S/C13H19N3O6.C8H11N3O4.C7H13NO5.C6H8N2O2.CH4.5HI.2V/c1-13(2,3)22-12(20)15-21-8-9(17)14-6-7-16-10(18)4-5-11(16)19;9-15-5-6(12)10-3-4-11-7(13)1-2-8(11)14;1-7(2,3)13-6(11)8-12-4-5(9)10;7-3-4-8-5(9)1-2-6(8)10;;;;;;;;/h4-5H,6-8H2,1-3H3,(H,14,17)(H,15,20);1-2H,3-5,9H2,(H,10,12);4H2,1-3H3,(H,8,11)(H,9,10);1-2H,3-4,7H2;1H4;5*1H;;/q;;;;;;;;;;+2;+3/p-4. The number of hydrogen-bond donors (Lipinski definition) is 7. The fourth-order valence-corrected chi connectivity index (χ4v) is 3.79. The third-order valence-electron chi connectivity index (χ3n) is 6.09. The van der Waals surface area contributed by atoms with Crippen LogP contribution in [-0.4, -0.2) is 156 Å². The van der Waals surface area contributed by atoms with Crippen LogP contribution in [0.25, 0.3) is 0 Å². The van der Waals surface area contributed by atoms with Crippen LogP contribution in [-0.2, 0) is 81.5 Å². The van der Waals surface area contributed by atoms with E-state index in [1.54, 1.807) is 41.5 Å². The molecule has 26 nitrogen and oxygen atoms in total. The van der Waals surface area contributed by atoms with Crippen LogP contribution in [0.5, 0.6) is 0 Å². The molecule has 0 bridgehead atoms. The van der Waals surface area contributed by atoms with Crippen LogP contribution in [0, 0.1) is 0 Å². The summed E-state index contributed by atoms with van der Waals surface area (Å²) in [5.74, 6) is 0.490. The minimum absolute atomic E-state index is 0. The van der Waals surface area contributed by atoms with Crippen LogP contribution in [0.15, 0.2) is 36.5 Å². The van der Waals surface area contributed by atoms with E-state index in [1.165, 1.54) is 24.3 Å². The molecule has 0 aromatic heterocycles. The zero-order chi connectivity index (χ0) is 52.3. The average molecular weight is 1610 g/mol. The molecule has 0 atom stereocenters. The van der Waals surface area contributed by atoms with Gasteiger partial charge in [-0.1, -0.05) is 7.43 Å². The Morgan fingerprint density at radius 3 is 1.18 bits per heavy atom. The zero-order valence-corrected chi connectivity index (χ0v) is 50.2. The van der Waals surface area contributed by atoms with Gasteiger partial charge < -0.3 is 30.9 Å². The molecule has 0 aromatic carbocycles. The number of hydroxylamine groups is 2. The van der Waals surface area contributed by atoms with Gasteiger partial charge in [0.2, 0.25) is 11.8 Å². The van der Waals surface area contributed by atoms with Crippen LogP contribution in [0.1, 0.15) is 50.4 Å². The molecule has 387 valence electrons. The molecule has 68 heavy (non-hydrogen) atoms. The number of hydrogen-bond acceptors (Lipinski definition) is 18. The maximum atomic E-state index is 11.4. The van der Waals surface area contributed by atoms with E-state index in [0.29, 0.717) is 22.6 Å². The van der Waals surface area contributed by atoms with Gasteiger partial charge in [-0.05, 0) is 41.5 Å². The van der Waals surface area contributed by atoms with Gasteiger partial charge in [0.1, 0.15) is 17.8 Å². The molecule has 0 spiro atoms. The number of carbonyl (C=O) groups excluding carboxylic acids is 10. The van der Waals surface area contributed by atoms with E-state index >= 15 is 0 Å². The first-order valence-electron chi connectivity index (χ1n) is 18.3. The van der Waals surface area contributed by atoms with Crippen LogP contribution < -0.4 is 33.2 Å². The number of halogens is 5. The van der Waals surface area contributed by atoms with E-state index in [9.17, 15) is 52.7 Å². The van der Waals surface area contributed by atoms with Crippen molar-refractivity contribution in [3.05, 3.63) is 36.5 Å². The first-order chi connectivity index (χ1) is 31.0. The van der Waals surface area contributed by atoms with E-state index < -0.39 is 66.2 Å². The Bertz CT molecular complexity index is 1720. The Morgan fingerprint density at radius 1 is 0.632 bits per heavy atom. The summed E-state index contributed by atoms with van der Waals surface area (Å²) in [5.41, 5.74) is 7.66. The molecule has 0 unspecified atom stereocenters. The van der Waals surface area contributed by atoms with Gasteiger partial charge >= 0.3 is 134 Å². The van der Waals surface area contributed by atoms with Gasteiger partial charge in [-0.2, -0.15) is 11.0 Å². The summed E-state index contributed by atoms with van der Waals surface area (Å²) in [6.45, 7) is 9.96. The van der Waals surface area contributed by atoms with Crippen molar-refractivity contribution >= 4 is 165 Å². The third kappa shape index (κ3) is 43.0. The van der Waals surface area contributed by atoms with Crippen LogP contribution in [0.4, 0.5) is 9.59 Å². The molecule has 3 aliphatic heterocycles. The van der Waals surface area contributed by atoms with E-state index in [-0.39, 0.29) is 70.2 Å². The van der Waals surface area contributed by atoms with Gasteiger partial charge in [-0.15, -0.1) is 0 Å². The van der Waals surface area contributed by atoms with Gasteiger partial charge in [0.25, 0.3) is 35.4 Å². The second-order valence-electron chi connectivity index (χ2n) is 13.7. The maximum absolute atomic E-state index is 11.4. The molecule has 3 heterocycles. The van der Waals surface area contributed by atoms with Crippen molar-refractivity contribution in [3.8, 4) is 0 Å². The number of nitrogens with two attached hydrogens (primary N) is 2. The van der Waals surface area contributed by atoms with Gasteiger partial charge in [-0.3, -0.25) is 67.6 Å². The number of imide groups is 3. The topological polar surface area (TPSA) is 364 Å². The zero-order valence-electron chi connectivity index (χ0n) is 37.6. The Hall–Kier alpha value is -1.79. The predicted molar refractivity (Wildman–Crippen MR) is 279 cm³/mol. The van der Waals surface area contributed by atoms with E-state index in [1.807, 2.05) is 11.0 Å². The number of carboxylic acids is 1. The number of aliphatic carboxylic acids is 1. The summed E-state index contributed by atoms with van der Waals surface area (Å²) in [5, 5.41) is 13.0. The number of amides is 10. The Kier molecular flexibility index (Phi) is 44.7. The minimum atomic E-state index is -1.17. The summed E-state index contributed by atoms with van der Waals surface area (Å²) in [7, 11) is 0.628. The fraction of sp³-hybridized carbons (Fsp3) is 0.514. The molecule has 3 aliphatic rings. The fourth-order valence-electron chi connectivity index (χ4n) is 3.79. The van der Waals surface area contributed by atoms with Crippen molar-refractivity contribution in [2.24, 2.45) is 11.6 Å². The Balaban J connectivity index is -0.000000257. The van der Waals surface area contributed by atoms with Crippen LogP contribution in [0.2, 0.25) is 0 Å². The first-order valence-corrected chi connectivity index (χ1v) is 40.9. The summed E-state index contributed by atoms with van der Waals surface area (Å²) in [6, 6.07) is 0. The molecule has 0 fully saturated rings. The number of ether oxygens (including phenoxy) is 2. The van der Waals surface area contributed by atoms with Crippen molar-refractivity contribution in [1.82, 2.24) is 36.3 Å². The van der Waals surface area contributed by atoms with Crippen molar-refractivity contribution in [1.29, 1.82) is 0 Å². The summed E-state index contributed by atoms with van der Waals surface area (Å²) < 4.78 is 9.65. The van der Waals surface area contributed by atoms with Crippen molar-refractivity contribution in [2.45, 2.75) is 60.2 Å². The van der Waals surface area contributed by atoms with Crippen LogP contribution in [0.3, 0.4) is 0 Å². The normalized spacial score (nSPS) is 13.2. The monoisotopic (exact) mass is 1610 g/mol. The van der Waals surface area contributed by atoms with E-state index in [0.717, 1.165) is 26.9 Å². The molecule has 33 heteroatoms. The molecule has 9 N–H and O–H groups in total. The molecular formula is C35H56I5N9O17V2+. The van der Waals surface area contributed by atoms with Gasteiger partial charge in [-0.25, -0.2) is 20.3 Å². The molecule has 0 radical (unpaired) electrons. The molecule has 3 rings (SSSR count). The quantitative estimate of drug-likeness (QED) is 0.0660. The third-order valence-corrected chi connectivity index (χ3v) is 6.09. The van der Waals surface area contributed by atoms with Crippen molar-refractivity contribution < 1.29 is 97.6 Å². The number of carboxylic acid groups (broad SMARTS) is 1.